The summed E-state index contributed by atoms with van der Waals surface area (Å²) in [5.74, 6) is 2.98. The Labute approximate surface area is 210 Å². The molecule has 4 aromatic rings. The fourth-order valence-electron chi connectivity index (χ4n) is 3.73. The first-order valence-electron chi connectivity index (χ1n) is 11.1. The molecule has 178 valence electrons. The van der Waals surface area contributed by atoms with Crippen LogP contribution in [0.25, 0.3) is 23.5 Å². The highest BCUT2D eigenvalue weighted by molar-refractivity contribution is 6.30. The third-order valence-corrected chi connectivity index (χ3v) is 5.72. The molecule has 0 atom stereocenters. The van der Waals surface area contributed by atoms with Gasteiger partial charge < -0.3 is 18.8 Å². The van der Waals surface area contributed by atoms with Gasteiger partial charge in [0.15, 0.2) is 0 Å². The molecule has 0 saturated heterocycles. The van der Waals surface area contributed by atoms with E-state index in [1.807, 2.05) is 79.0 Å². The molecule has 0 fully saturated rings. The fourth-order valence-corrected chi connectivity index (χ4v) is 3.85. The molecule has 0 radical (unpaired) electrons. The molecule has 0 amide bonds. The molecule has 0 aliphatic carbocycles. The van der Waals surface area contributed by atoms with Crippen molar-refractivity contribution in [3.63, 3.8) is 0 Å². The maximum absolute atomic E-state index is 6.06. The molecular formula is C29H27ClN2O3. The molecule has 6 heteroatoms. The molecule has 3 aromatic carbocycles. The SMILES string of the molecule is C=CCOc1ccc(C=Cc2cc(OC)cc(OC)c2-c2nccn2Cc2ccc(Cl)cc2)cc1. The molecule has 0 bridgehead atoms. The number of hydrogen-bond acceptors (Lipinski definition) is 4. The van der Waals surface area contributed by atoms with Crippen molar-refractivity contribution in [3.05, 3.63) is 107 Å². The van der Waals surface area contributed by atoms with Crippen molar-refractivity contribution < 1.29 is 14.2 Å². The third kappa shape index (κ3) is 5.94. The average molecular weight is 487 g/mol. The lowest BCUT2D eigenvalue weighted by atomic mass is 10.0. The van der Waals surface area contributed by atoms with Gasteiger partial charge in [0.1, 0.15) is 29.7 Å². The second-order valence-corrected chi connectivity index (χ2v) is 8.24. The first kappa shape index (κ1) is 24.2. The smallest absolute Gasteiger partial charge is 0.144 e. The molecule has 0 N–H and O–H groups in total. The van der Waals surface area contributed by atoms with Gasteiger partial charge in [0, 0.05) is 30.0 Å². The van der Waals surface area contributed by atoms with Crippen LogP contribution in [-0.4, -0.2) is 30.4 Å². The predicted molar refractivity (Wildman–Crippen MR) is 142 cm³/mol. The van der Waals surface area contributed by atoms with E-state index in [0.29, 0.717) is 29.7 Å². The molecule has 0 spiro atoms. The first-order chi connectivity index (χ1) is 17.1. The quantitative estimate of drug-likeness (QED) is 0.179. The molecule has 0 unspecified atom stereocenters. The summed E-state index contributed by atoms with van der Waals surface area (Å²) >= 11 is 6.06. The molecular weight excluding hydrogens is 460 g/mol. The minimum absolute atomic E-state index is 0.477. The Morgan fingerprint density at radius 1 is 0.943 bits per heavy atom. The van der Waals surface area contributed by atoms with Crippen LogP contribution in [0.3, 0.4) is 0 Å². The number of hydrogen-bond donors (Lipinski definition) is 0. The van der Waals surface area contributed by atoms with E-state index < -0.39 is 0 Å². The van der Waals surface area contributed by atoms with Crippen LogP contribution in [0.2, 0.25) is 5.02 Å². The summed E-state index contributed by atoms with van der Waals surface area (Å²) in [7, 11) is 3.30. The van der Waals surface area contributed by atoms with Crippen LogP contribution in [0.1, 0.15) is 16.7 Å². The van der Waals surface area contributed by atoms with Crippen LogP contribution in [-0.2, 0) is 6.54 Å². The van der Waals surface area contributed by atoms with Crippen molar-refractivity contribution in [2.45, 2.75) is 6.54 Å². The molecule has 35 heavy (non-hydrogen) atoms. The Morgan fingerprint density at radius 3 is 2.40 bits per heavy atom. The number of methoxy groups -OCH3 is 2. The number of benzene rings is 3. The van der Waals surface area contributed by atoms with Crippen molar-refractivity contribution in [2.24, 2.45) is 0 Å². The maximum atomic E-state index is 6.06. The molecule has 0 saturated carbocycles. The number of aromatic nitrogens is 2. The predicted octanol–water partition coefficient (Wildman–Crippen LogP) is 7.00. The summed E-state index contributed by atoms with van der Waals surface area (Å²) < 4.78 is 19.0. The lowest BCUT2D eigenvalue weighted by molar-refractivity contribution is 0.363. The minimum Gasteiger partial charge on any atom is -0.497 e. The van der Waals surface area contributed by atoms with Gasteiger partial charge in [-0.15, -0.1) is 0 Å². The normalized spacial score (nSPS) is 10.9. The van der Waals surface area contributed by atoms with E-state index in [9.17, 15) is 0 Å². The van der Waals surface area contributed by atoms with E-state index in [4.69, 9.17) is 25.8 Å². The van der Waals surface area contributed by atoms with Crippen LogP contribution in [0, 0.1) is 0 Å². The Kier molecular flexibility index (Phi) is 7.91. The summed E-state index contributed by atoms with van der Waals surface area (Å²) in [6, 6.07) is 19.6. The van der Waals surface area contributed by atoms with Gasteiger partial charge in [0.2, 0.25) is 0 Å². The maximum Gasteiger partial charge on any atom is 0.144 e. The van der Waals surface area contributed by atoms with Crippen molar-refractivity contribution in [2.75, 3.05) is 20.8 Å². The van der Waals surface area contributed by atoms with E-state index in [2.05, 4.69) is 16.1 Å². The zero-order valence-electron chi connectivity index (χ0n) is 19.8. The van der Waals surface area contributed by atoms with E-state index >= 15 is 0 Å². The van der Waals surface area contributed by atoms with Crippen molar-refractivity contribution >= 4 is 23.8 Å². The molecule has 0 aliphatic rings. The number of imidazole rings is 1. The number of nitrogens with zero attached hydrogens (tertiary/aromatic N) is 2. The van der Waals surface area contributed by atoms with Crippen LogP contribution >= 0.6 is 11.6 Å². The minimum atomic E-state index is 0.477. The van der Waals surface area contributed by atoms with Gasteiger partial charge >= 0.3 is 0 Å². The van der Waals surface area contributed by atoms with Crippen molar-refractivity contribution in [1.82, 2.24) is 9.55 Å². The molecule has 4 rings (SSSR count). The van der Waals surface area contributed by atoms with E-state index in [0.717, 1.165) is 33.8 Å². The molecule has 1 aromatic heterocycles. The van der Waals surface area contributed by atoms with E-state index in [-0.39, 0.29) is 0 Å². The van der Waals surface area contributed by atoms with Crippen LogP contribution in [0.4, 0.5) is 0 Å². The zero-order valence-corrected chi connectivity index (χ0v) is 20.5. The van der Waals surface area contributed by atoms with Gasteiger partial charge in [-0.25, -0.2) is 4.98 Å². The first-order valence-corrected chi connectivity index (χ1v) is 11.5. The molecule has 1 heterocycles. The van der Waals surface area contributed by atoms with Crippen LogP contribution < -0.4 is 14.2 Å². The lowest BCUT2D eigenvalue weighted by Gasteiger charge is -2.16. The highest BCUT2D eigenvalue weighted by atomic mass is 35.5. The summed E-state index contributed by atoms with van der Waals surface area (Å²) in [5.41, 5.74) is 3.97. The topological polar surface area (TPSA) is 45.5 Å². The molecule has 5 nitrogen and oxygen atoms in total. The fraction of sp³-hybridized carbons (Fsp3) is 0.138. The second kappa shape index (κ2) is 11.4. The monoisotopic (exact) mass is 486 g/mol. The van der Waals surface area contributed by atoms with E-state index in [1.165, 1.54) is 0 Å². The summed E-state index contributed by atoms with van der Waals surface area (Å²) in [6.07, 6.45) is 9.57. The van der Waals surface area contributed by atoms with Crippen molar-refractivity contribution in [1.29, 1.82) is 0 Å². The Bertz CT molecular complexity index is 1310. The van der Waals surface area contributed by atoms with Crippen LogP contribution in [0.15, 0.2) is 85.7 Å². The third-order valence-electron chi connectivity index (χ3n) is 5.47. The van der Waals surface area contributed by atoms with Crippen molar-refractivity contribution in [3.8, 4) is 28.6 Å². The summed E-state index contributed by atoms with van der Waals surface area (Å²) in [6.45, 7) is 4.80. The number of halogens is 1. The largest absolute Gasteiger partial charge is 0.497 e. The number of rotatable bonds is 10. The average Bonchev–Trinajstić information content (AvgIpc) is 3.35. The highest BCUT2D eigenvalue weighted by Gasteiger charge is 2.18. The Balaban J connectivity index is 1.71. The van der Waals surface area contributed by atoms with Gasteiger partial charge in [-0.1, -0.05) is 60.7 Å². The number of ether oxygens (including phenoxy) is 3. The van der Waals surface area contributed by atoms with Gasteiger partial charge in [0.25, 0.3) is 0 Å². The zero-order chi connectivity index (χ0) is 24.6. The van der Waals surface area contributed by atoms with Crippen LogP contribution in [0.5, 0.6) is 17.2 Å². The molecule has 0 aliphatic heterocycles. The highest BCUT2D eigenvalue weighted by Crippen LogP contribution is 2.37. The van der Waals surface area contributed by atoms with E-state index in [1.54, 1.807) is 26.5 Å². The Hall–Kier alpha value is -3.96. The Morgan fingerprint density at radius 2 is 1.71 bits per heavy atom. The summed E-state index contributed by atoms with van der Waals surface area (Å²) in [5, 5.41) is 0.712. The van der Waals surface area contributed by atoms with Gasteiger partial charge in [-0.05, 0) is 47.0 Å². The van der Waals surface area contributed by atoms with Gasteiger partial charge in [-0.3, -0.25) is 0 Å². The lowest BCUT2D eigenvalue weighted by Crippen LogP contribution is -2.04. The standard InChI is InChI=1S/C29H27ClN2O3/c1-4-17-35-25-13-8-21(9-14-25)5-10-23-18-26(33-2)19-27(34-3)28(23)29-31-15-16-32(29)20-22-6-11-24(30)12-7-22/h4-16,18-19H,1,17,20H2,2-3H3. The second-order valence-electron chi connectivity index (χ2n) is 7.80. The van der Waals surface area contributed by atoms with Gasteiger partial charge in [0.05, 0.1) is 19.8 Å². The van der Waals surface area contributed by atoms with Gasteiger partial charge in [-0.2, -0.15) is 0 Å². The summed E-state index contributed by atoms with van der Waals surface area (Å²) in [4.78, 5) is 4.68.